The third-order valence-corrected chi connectivity index (χ3v) is 5.88. The van der Waals surface area contributed by atoms with E-state index >= 15 is 0 Å². The van der Waals surface area contributed by atoms with E-state index in [2.05, 4.69) is 11.9 Å². The van der Waals surface area contributed by atoms with Crippen LogP contribution in [0.25, 0.3) is 5.65 Å². The van der Waals surface area contributed by atoms with Crippen LogP contribution in [0.3, 0.4) is 0 Å². The molecule has 0 amide bonds. The summed E-state index contributed by atoms with van der Waals surface area (Å²) in [6.07, 6.45) is 4.82. The van der Waals surface area contributed by atoms with Gasteiger partial charge in [0, 0.05) is 22.5 Å². The van der Waals surface area contributed by atoms with E-state index in [1.807, 2.05) is 18.4 Å². The third kappa shape index (κ3) is 3.17. The van der Waals surface area contributed by atoms with Crippen LogP contribution in [-0.4, -0.2) is 15.4 Å². The molecule has 0 unspecified atom stereocenters. The first kappa shape index (κ1) is 17.0. The summed E-state index contributed by atoms with van der Waals surface area (Å²) < 4.78 is 6.95. The molecule has 134 valence electrons. The molecule has 3 aromatic heterocycles. The Morgan fingerprint density at radius 3 is 3.12 bits per heavy atom. The standard InChI is InChI=1S/C20H20N2O3S/c1-12-3-5-15-16(11-26-17(15)7-12)20(24)25-10-14-8-19(23)22-9-13(2)4-6-18(22)21-14/h4,6,8-9,11-12H,3,5,7,10H2,1-2H3/t12-/m0/s1. The predicted octanol–water partition coefficient (Wildman–Crippen LogP) is 3.55. The van der Waals surface area contributed by atoms with Gasteiger partial charge in [-0.25, -0.2) is 9.78 Å². The number of nitrogens with zero attached hydrogens (tertiary/aromatic N) is 2. The summed E-state index contributed by atoms with van der Waals surface area (Å²) in [5.41, 5.74) is 3.63. The number of pyridine rings is 1. The summed E-state index contributed by atoms with van der Waals surface area (Å²) in [7, 11) is 0. The maximum absolute atomic E-state index is 12.5. The highest BCUT2D eigenvalue weighted by Crippen LogP contribution is 2.33. The van der Waals surface area contributed by atoms with Crippen molar-refractivity contribution in [3.8, 4) is 0 Å². The van der Waals surface area contributed by atoms with Crippen molar-refractivity contribution in [2.45, 2.75) is 39.7 Å². The molecule has 0 saturated carbocycles. The van der Waals surface area contributed by atoms with E-state index in [0.29, 0.717) is 22.8 Å². The first-order valence-electron chi connectivity index (χ1n) is 8.76. The Morgan fingerprint density at radius 1 is 1.42 bits per heavy atom. The van der Waals surface area contributed by atoms with E-state index in [-0.39, 0.29) is 18.1 Å². The van der Waals surface area contributed by atoms with Crippen LogP contribution < -0.4 is 5.56 Å². The number of rotatable bonds is 3. The van der Waals surface area contributed by atoms with Crippen molar-refractivity contribution in [3.05, 3.63) is 67.4 Å². The lowest BCUT2D eigenvalue weighted by molar-refractivity contribution is 0.0466. The van der Waals surface area contributed by atoms with Gasteiger partial charge < -0.3 is 4.74 Å². The van der Waals surface area contributed by atoms with Crippen LogP contribution in [-0.2, 0) is 24.2 Å². The van der Waals surface area contributed by atoms with Crippen LogP contribution >= 0.6 is 11.3 Å². The van der Waals surface area contributed by atoms with Crippen LogP contribution in [0.4, 0.5) is 0 Å². The van der Waals surface area contributed by atoms with E-state index in [1.54, 1.807) is 23.6 Å². The minimum absolute atomic E-state index is 0.000523. The average molecular weight is 368 g/mol. The Kier molecular flexibility index (Phi) is 4.36. The summed E-state index contributed by atoms with van der Waals surface area (Å²) in [6, 6.07) is 5.11. The van der Waals surface area contributed by atoms with Crippen LogP contribution in [0.1, 0.15) is 45.4 Å². The molecule has 1 atom stereocenters. The van der Waals surface area contributed by atoms with E-state index in [1.165, 1.54) is 15.3 Å². The molecule has 0 fully saturated rings. The lowest BCUT2D eigenvalue weighted by atomic mass is 9.88. The maximum Gasteiger partial charge on any atom is 0.339 e. The van der Waals surface area contributed by atoms with E-state index in [4.69, 9.17) is 4.74 Å². The lowest BCUT2D eigenvalue weighted by Crippen LogP contribution is -2.17. The van der Waals surface area contributed by atoms with Crippen molar-refractivity contribution < 1.29 is 9.53 Å². The number of hydrogen-bond acceptors (Lipinski definition) is 5. The largest absolute Gasteiger partial charge is 0.456 e. The quantitative estimate of drug-likeness (QED) is 0.664. The van der Waals surface area contributed by atoms with Gasteiger partial charge in [0.1, 0.15) is 12.3 Å². The molecule has 1 aliphatic rings. The maximum atomic E-state index is 12.5. The average Bonchev–Trinajstić information content (AvgIpc) is 3.03. The molecular weight excluding hydrogens is 348 g/mol. The second-order valence-corrected chi connectivity index (χ2v) is 7.96. The second-order valence-electron chi connectivity index (χ2n) is 7.00. The number of fused-ring (bicyclic) bond motifs is 2. The van der Waals surface area contributed by atoms with Gasteiger partial charge in [0.25, 0.3) is 5.56 Å². The number of thiophene rings is 1. The van der Waals surface area contributed by atoms with Gasteiger partial charge in [0.2, 0.25) is 0 Å². The number of aromatic nitrogens is 2. The zero-order valence-electron chi connectivity index (χ0n) is 14.8. The molecule has 0 saturated heterocycles. The van der Waals surface area contributed by atoms with E-state index in [0.717, 1.165) is 30.4 Å². The fraction of sp³-hybridized carbons (Fsp3) is 0.350. The van der Waals surface area contributed by atoms with Crippen molar-refractivity contribution in [2.75, 3.05) is 0 Å². The summed E-state index contributed by atoms with van der Waals surface area (Å²) in [4.78, 5) is 30.4. The molecule has 0 radical (unpaired) electrons. The third-order valence-electron chi connectivity index (χ3n) is 4.83. The van der Waals surface area contributed by atoms with Crippen molar-refractivity contribution in [3.63, 3.8) is 0 Å². The number of hydrogen-bond donors (Lipinski definition) is 0. The molecule has 5 nitrogen and oxygen atoms in total. The van der Waals surface area contributed by atoms with E-state index in [9.17, 15) is 9.59 Å². The van der Waals surface area contributed by atoms with Crippen LogP contribution in [0.2, 0.25) is 0 Å². The van der Waals surface area contributed by atoms with E-state index < -0.39 is 0 Å². The molecule has 4 rings (SSSR count). The van der Waals surface area contributed by atoms with Gasteiger partial charge in [-0.1, -0.05) is 13.0 Å². The normalized spacial score (nSPS) is 16.5. The highest BCUT2D eigenvalue weighted by atomic mass is 32.1. The van der Waals surface area contributed by atoms with Crippen LogP contribution in [0, 0.1) is 12.8 Å². The van der Waals surface area contributed by atoms with Crippen LogP contribution in [0.5, 0.6) is 0 Å². The Bertz CT molecular complexity index is 1050. The van der Waals surface area contributed by atoms with Gasteiger partial charge in [0.05, 0.1) is 11.3 Å². The Balaban J connectivity index is 1.53. The van der Waals surface area contributed by atoms with Crippen LogP contribution in [0.15, 0.2) is 34.6 Å². The van der Waals surface area contributed by atoms with Gasteiger partial charge >= 0.3 is 5.97 Å². The summed E-state index contributed by atoms with van der Waals surface area (Å²) in [6.45, 7) is 4.16. The molecule has 26 heavy (non-hydrogen) atoms. The van der Waals surface area contributed by atoms with Crippen molar-refractivity contribution in [1.82, 2.24) is 9.38 Å². The fourth-order valence-corrected chi connectivity index (χ4v) is 4.63. The SMILES string of the molecule is Cc1ccc2nc(COC(=O)c3csc4c3CC[C@H](C)C4)cc(=O)n2c1. The number of esters is 1. The Labute approximate surface area is 155 Å². The summed E-state index contributed by atoms with van der Waals surface area (Å²) >= 11 is 1.64. The molecule has 3 aromatic rings. The molecule has 0 aromatic carbocycles. The molecule has 0 aliphatic heterocycles. The Hall–Kier alpha value is -2.47. The molecule has 6 heteroatoms. The predicted molar refractivity (Wildman–Crippen MR) is 101 cm³/mol. The monoisotopic (exact) mass is 368 g/mol. The molecule has 0 spiro atoms. The number of carbonyl (C=O) groups excluding carboxylic acids is 1. The summed E-state index contributed by atoms with van der Waals surface area (Å²) in [5, 5.41) is 1.90. The van der Waals surface area contributed by atoms with Crippen molar-refractivity contribution in [1.29, 1.82) is 0 Å². The topological polar surface area (TPSA) is 60.7 Å². The Morgan fingerprint density at radius 2 is 2.27 bits per heavy atom. The van der Waals surface area contributed by atoms with Gasteiger partial charge in [0.15, 0.2) is 0 Å². The smallest absolute Gasteiger partial charge is 0.339 e. The highest BCUT2D eigenvalue weighted by Gasteiger charge is 2.24. The van der Waals surface area contributed by atoms with Crippen molar-refractivity contribution in [2.24, 2.45) is 5.92 Å². The minimum Gasteiger partial charge on any atom is -0.456 e. The second kappa shape index (κ2) is 6.68. The minimum atomic E-state index is -0.331. The van der Waals surface area contributed by atoms with Gasteiger partial charge in [-0.3, -0.25) is 9.20 Å². The number of ether oxygens (including phenoxy) is 1. The van der Waals surface area contributed by atoms with Gasteiger partial charge in [-0.15, -0.1) is 11.3 Å². The number of aryl methyl sites for hydroxylation is 1. The van der Waals surface area contributed by atoms with Gasteiger partial charge in [-0.05, 0) is 49.3 Å². The van der Waals surface area contributed by atoms with Gasteiger partial charge in [-0.2, -0.15) is 0 Å². The fourth-order valence-electron chi connectivity index (χ4n) is 3.40. The summed E-state index contributed by atoms with van der Waals surface area (Å²) in [5.74, 6) is 0.339. The lowest BCUT2D eigenvalue weighted by Gasteiger charge is -2.18. The molecule has 3 heterocycles. The zero-order valence-corrected chi connectivity index (χ0v) is 15.6. The molecule has 0 N–H and O–H groups in total. The number of carbonyl (C=O) groups is 1. The highest BCUT2D eigenvalue weighted by molar-refractivity contribution is 7.10. The first-order valence-corrected chi connectivity index (χ1v) is 9.64. The first-order chi connectivity index (χ1) is 12.5. The van der Waals surface area contributed by atoms with Crippen molar-refractivity contribution >= 4 is 23.0 Å². The zero-order chi connectivity index (χ0) is 18.3. The molecule has 0 bridgehead atoms. The molecule has 1 aliphatic carbocycles. The molecular formula is C20H20N2O3S.